The van der Waals surface area contributed by atoms with Crippen LogP contribution < -0.4 is 0 Å². The summed E-state index contributed by atoms with van der Waals surface area (Å²) >= 11 is 0. The molecule has 1 rings (SSSR count). The van der Waals surface area contributed by atoms with Gasteiger partial charge in [-0.2, -0.15) is 0 Å². The van der Waals surface area contributed by atoms with Crippen molar-refractivity contribution in [3.05, 3.63) is 35.4 Å². The lowest BCUT2D eigenvalue weighted by atomic mass is 10.1. The number of hydrogen-bond donors (Lipinski definition) is 0. The van der Waals surface area contributed by atoms with Crippen LogP contribution in [-0.4, -0.2) is 28.7 Å². The largest absolute Gasteiger partial charge is 0.380 e. The Bertz CT molecular complexity index is 457. The summed E-state index contributed by atoms with van der Waals surface area (Å²) in [6.07, 6.45) is 1.49. The highest BCUT2D eigenvalue weighted by atomic mass is 28.2. The van der Waals surface area contributed by atoms with Crippen molar-refractivity contribution in [3.63, 3.8) is 0 Å². The minimum atomic E-state index is -1.08. The van der Waals surface area contributed by atoms with Crippen LogP contribution in [0.3, 0.4) is 0 Å². The second-order valence-corrected chi connectivity index (χ2v) is 6.22. The fourth-order valence-corrected chi connectivity index (χ4v) is 2.68. The van der Waals surface area contributed by atoms with E-state index in [1.54, 1.807) is 0 Å². The molecule has 1 aromatic carbocycles. The van der Waals surface area contributed by atoms with Crippen LogP contribution in [0.4, 0.5) is 8.78 Å². The van der Waals surface area contributed by atoms with Crippen LogP contribution in [-0.2, 0) is 20.3 Å². The summed E-state index contributed by atoms with van der Waals surface area (Å²) in [6, 6.07) is 3.64. The molecule has 22 heavy (non-hydrogen) atoms. The Morgan fingerprint density at radius 1 is 1.09 bits per heavy atom. The van der Waals surface area contributed by atoms with Crippen LogP contribution in [0.25, 0.3) is 0 Å². The monoisotopic (exact) mass is 332 g/mol. The molecule has 1 aromatic rings. The average Bonchev–Trinajstić information content (AvgIpc) is 2.39. The summed E-state index contributed by atoms with van der Waals surface area (Å²) in [5, 5.41) is 0. The first-order valence-electron chi connectivity index (χ1n) is 7.62. The van der Waals surface area contributed by atoms with E-state index in [-0.39, 0.29) is 12.2 Å². The van der Waals surface area contributed by atoms with Gasteiger partial charge in [0, 0.05) is 12.5 Å². The van der Waals surface area contributed by atoms with Crippen molar-refractivity contribution in [2.24, 2.45) is 0 Å². The third-order valence-electron chi connectivity index (χ3n) is 3.09. The van der Waals surface area contributed by atoms with E-state index >= 15 is 0 Å². The number of rotatable bonds is 9. The van der Waals surface area contributed by atoms with Crippen molar-refractivity contribution in [3.8, 4) is 0 Å². The van der Waals surface area contributed by atoms with Gasteiger partial charge in [-0.05, 0) is 52.2 Å². The molecule has 0 saturated heterocycles. The number of hydrogen-bond acceptors (Lipinski definition) is 3. The highest BCUT2D eigenvalue weighted by Crippen LogP contribution is 2.26. The molecule has 0 atom stereocenters. The first kappa shape index (κ1) is 19.2. The number of halogens is 2. The number of aryl methyl sites for hydroxylation is 1. The van der Waals surface area contributed by atoms with Gasteiger partial charge >= 0.3 is 0 Å². The van der Waals surface area contributed by atoms with Crippen LogP contribution >= 0.6 is 0 Å². The SMILES string of the molecule is CC(C)OC(CCCc1ccc(F)cc1F)(O[SiH3])OC(C)C. The molecule has 6 heteroatoms. The fourth-order valence-electron chi connectivity index (χ4n) is 2.28. The Morgan fingerprint density at radius 2 is 1.68 bits per heavy atom. The molecule has 0 unspecified atom stereocenters. The molecule has 0 fully saturated rings. The van der Waals surface area contributed by atoms with Crippen molar-refractivity contribution < 1.29 is 22.7 Å². The Hall–Kier alpha value is -0.823. The Balaban J connectivity index is 2.69. The molecule has 126 valence electrons. The minimum Gasteiger partial charge on any atom is -0.380 e. The van der Waals surface area contributed by atoms with E-state index in [2.05, 4.69) is 0 Å². The van der Waals surface area contributed by atoms with Crippen LogP contribution in [0.5, 0.6) is 0 Å². The molecule has 0 amide bonds. The summed E-state index contributed by atoms with van der Waals surface area (Å²) in [5.41, 5.74) is 0.484. The summed E-state index contributed by atoms with van der Waals surface area (Å²) in [4.78, 5) is 0. The van der Waals surface area contributed by atoms with Crippen molar-refractivity contribution in [2.75, 3.05) is 0 Å². The molecule has 0 N–H and O–H groups in total. The van der Waals surface area contributed by atoms with Crippen molar-refractivity contribution in [1.29, 1.82) is 0 Å². The first-order valence-corrected chi connectivity index (χ1v) is 8.44. The van der Waals surface area contributed by atoms with Crippen LogP contribution in [0.15, 0.2) is 18.2 Å². The second kappa shape index (κ2) is 8.72. The molecular weight excluding hydrogens is 306 g/mol. The Morgan fingerprint density at radius 3 is 2.14 bits per heavy atom. The molecule has 0 spiro atoms. The second-order valence-electron chi connectivity index (χ2n) is 5.81. The zero-order chi connectivity index (χ0) is 16.8. The van der Waals surface area contributed by atoms with Gasteiger partial charge in [0.1, 0.15) is 11.6 Å². The van der Waals surface area contributed by atoms with Crippen LogP contribution in [0.1, 0.15) is 46.1 Å². The van der Waals surface area contributed by atoms with Gasteiger partial charge in [0.25, 0.3) is 5.97 Å². The predicted octanol–water partition coefficient (Wildman–Crippen LogP) is 3.09. The molecule has 0 aliphatic heterocycles. The van der Waals surface area contributed by atoms with Gasteiger partial charge in [-0.15, -0.1) is 0 Å². The van der Waals surface area contributed by atoms with Crippen molar-refractivity contribution >= 4 is 10.5 Å². The number of ether oxygens (including phenoxy) is 2. The average molecular weight is 332 g/mol. The first-order chi connectivity index (χ1) is 10.3. The third-order valence-corrected chi connectivity index (χ3v) is 3.71. The van der Waals surface area contributed by atoms with Gasteiger partial charge in [0.2, 0.25) is 0 Å². The van der Waals surface area contributed by atoms with E-state index < -0.39 is 17.6 Å². The molecule has 0 saturated carbocycles. The lowest BCUT2D eigenvalue weighted by molar-refractivity contribution is -0.369. The summed E-state index contributed by atoms with van der Waals surface area (Å²) in [6.45, 7) is 7.66. The smallest absolute Gasteiger partial charge is 0.273 e. The standard InChI is InChI=1S/C16H26F2O3Si/c1-11(2)19-16(21-22,20-12(3)4)9-5-6-13-7-8-14(17)10-15(13)18/h7-8,10-12H,5-6,9H2,1-4,22H3. The van der Waals surface area contributed by atoms with Crippen LogP contribution in [0, 0.1) is 11.6 Å². The van der Waals surface area contributed by atoms with Gasteiger partial charge < -0.3 is 13.9 Å². The van der Waals surface area contributed by atoms with E-state index in [0.29, 0.717) is 35.3 Å². The summed E-state index contributed by atoms with van der Waals surface area (Å²) < 4.78 is 43.8. The third kappa shape index (κ3) is 6.12. The van der Waals surface area contributed by atoms with E-state index in [4.69, 9.17) is 13.9 Å². The zero-order valence-electron chi connectivity index (χ0n) is 14.0. The molecule has 3 nitrogen and oxygen atoms in total. The lowest BCUT2D eigenvalue weighted by Gasteiger charge is -2.36. The maximum atomic E-state index is 13.6. The molecule has 0 bridgehead atoms. The van der Waals surface area contributed by atoms with E-state index in [9.17, 15) is 8.78 Å². The highest BCUT2D eigenvalue weighted by Gasteiger charge is 2.33. The van der Waals surface area contributed by atoms with Gasteiger partial charge in [0.05, 0.1) is 12.2 Å². The fraction of sp³-hybridized carbons (Fsp3) is 0.625. The van der Waals surface area contributed by atoms with E-state index in [1.165, 1.54) is 12.1 Å². The maximum absolute atomic E-state index is 13.6. The minimum absolute atomic E-state index is 0.0461. The predicted molar refractivity (Wildman–Crippen MR) is 85.5 cm³/mol. The molecule has 0 radical (unpaired) electrons. The lowest BCUT2D eigenvalue weighted by Crippen LogP contribution is -2.42. The zero-order valence-corrected chi connectivity index (χ0v) is 16.0. The van der Waals surface area contributed by atoms with Crippen molar-refractivity contribution in [1.82, 2.24) is 0 Å². The molecule has 0 aromatic heterocycles. The summed E-state index contributed by atoms with van der Waals surface area (Å²) in [7, 11) is 0.467. The van der Waals surface area contributed by atoms with Gasteiger partial charge in [-0.1, -0.05) is 6.07 Å². The molecule has 0 aliphatic carbocycles. The molecular formula is C16H26F2O3Si. The maximum Gasteiger partial charge on any atom is 0.273 e. The van der Waals surface area contributed by atoms with Crippen molar-refractivity contribution in [2.45, 2.75) is 65.1 Å². The Kier molecular flexibility index (Phi) is 7.62. The topological polar surface area (TPSA) is 27.7 Å². The molecule has 0 heterocycles. The number of benzene rings is 1. The summed E-state index contributed by atoms with van der Waals surface area (Å²) in [5.74, 6) is -2.16. The molecule has 0 aliphatic rings. The quantitative estimate of drug-likeness (QED) is 0.514. The van der Waals surface area contributed by atoms with E-state index in [0.717, 1.165) is 6.07 Å². The Labute approximate surface area is 134 Å². The van der Waals surface area contributed by atoms with Gasteiger partial charge in [0.15, 0.2) is 10.5 Å². The van der Waals surface area contributed by atoms with Crippen LogP contribution in [0.2, 0.25) is 0 Å². The normalized spacial score (nSPS) is 12.5. The van der Waals surface area contributed by atoms with E-state index in [1.807, 2.05) is 27.7 Å². The highest BCUT2D eigenvalue weighted by molar-refractivity contribution is 5.98. The van der Waals surface area contributed by atoms with Gasteiger partial charge in [-0.3, -0.25) is 0 Å². The van der Waals surface area contributed by atoms with Gasteiger partial charge in [-0.25, -0.2) is 8.78 Å².